The molecule has 0 aliphatic carbocycles. The van der Waals surface area contributed by atoms with Gasteiger partial charge in [0.2, 0.25) is 5.95 Å². The molecule has 100 valence electrons. The van der Waals surface area contributed by atoms with Gasteiger partial charge in [0.05, 0.1) is 18.3 Å². The van der Waals surface area contributed by atoms with E-state index in [0.717, 1.165) is 26.0 Å². The summed E-state index contributed by atoms with van der Waals surface area (Å²) in [6.45, 7) is 6.50. The lowest BCUT2D eigenvalue weighted by molar-refractivity contribution is 0.185. The Morgan fingerprint density at radius 2 is 2.39 bits per heavy atom. The van der Waals surface area contributed by atoms with Crippen LogP contribution in [0.2, 0.25) is 5.02 Å². The third-order valence-electron chi connectivity index (χ3n) is 2.92. The maximum absolute atomic E-state index is 6.11. The Kier molecular flexibility index (Phi) is 4.24. The van der Waals surface area contributed by atoms with Crippen molar-refractivity contribution < 1.29 is 4.74 Å². The summed E-state index contributed by atoms with van der Waals surface area (Å²) in [5.74, 6) is 1.27. The van der Waals surface area contributed by atoms with Crippen molar-refractivity contribution in [2.75, 3.05) is 30.4 Å². The lowest BCUT2D eigenvalue weighted by atomic mass is 10.0. The number of ether oxygens (including phenoxy) is 1. The average molecular weight is 271 g/mol. The normalized spacial score (nSPS) is 23.1. The molecular formula is C12H19ClN4O. The van der Waals surface area contributed by atoms with E-state index >= 15 is 0 Å². The van der Waals surface area contributed by atoms with Gasteiger partial charge >= 0.3 is 0 Å². The number of nitrogens with zero attached hydrogens (tertiary/aromatic N) is 2. The maximum Gasteiger partial charge on any atom is 0.224 e. The molecule has 1 saturated heterocycles. The molecule has 1 aromatic heterocycles. The molecule has 0 amide bonds. The van der Waals surface area contributed by atoms with Crippen LogP contribution in [0, 0.1) is 0 Å². The van der Waals surface area contributed by atoms with Crippen molar-refractivity contribution in [2.24, 2.45) is 0 Å². The van der Waals surface area contributed by atoms with E-state index in [2.05, 4.69) is 34.4 Å². The molecule has 2 heterocycles. The Hall–Kier alpha value is -1.07. The van der Waals surface area contributed by atoms with Crippen LogP contribution < -0.4 is 10.6 Å². The first kappa shape index (κ1) is 13.4. The zero-order valence-electron chi connectivity index (χ0n) is 10.8. The molecule has 1 aromatic rings. The summed E-state index contributed by atoms with van der Waals surface area (Å²) in [6, 6.07) is 0. The van der Waals surface area contributed by atoms with Crippen molar-refractivity contribution in [1.82, 2.24) is 9.97 Å². The summed E-state index contributed by atoms with van der Waals surface area (Å²) in [5, 5.41) is 7.03. The number of hydrogen-bond acceptors (Lipinski definition) is 5. The summed E-state index contributed by atoms with van der Waals surface area (Å²) < 4.78 is 5.40. The molecule has 0 aromatic carbocycles. The standard InChI is InChI=1S/C12H19ClN4O/c1-3-5-14-11-15-7-9(13)10(16-11)17-12(2)4-6-18-8-12/h7H,3-6,8H2,1-2H3,(H2,14,15,16,17). The van der Waals surface area contributed by atoms with Gasteiger partial charge in [-0.1, -0.05) is 18.5 Å². The van der Waals surface area contributed by atoms with Crippen LogP contribution >= 0.6 is 11.6 Å². The highest BCUT2D eigenvalue weighted by Gasteiger charge is 2.30. The molecule has 1 aliphatic rings. The smallest absolute Gasteiger partial charge is 0.224 e. The molecule has 1 aliphatic heterocycles. The van der Waals surface area contributed by atoms with E-state index in [-0.39, 0.29) is 5.54 Å². The van der Waals surface area contributed by atoms with E-state index in [1.54, 1.807) is 6.20 Å². The first-order chi connectivity index (χ1) is 8.63. The van der Waals surface area contributed by atoms with Crippen LogP contribution in [0.5, 0.6) is 0 Å². The molecule has 5 nitrogen and oxygen atoms in total. The zero-order valence-corrected chi connectivity index (χ0v) is 11.5. The van der Waals surface area contributed by atoms with E-state index in [0.29, 0.717) is 23.4 Å². The molecule has 18 heavy (non-hydrogen) atoms. The van der Waals surface area contributed by atoms with Gasteiger partial charge in [-0.15, -0.1) is 0 Å². The fourth-order valence-corrected chi connectivity index (χ4v) is 1.97. The molecule has 2 rings (SSSR count). The largest absolute Gasteiger partial charge is 0.379 e. The Labute approximate surface area is 112 Å². The van der Waals surface area contributed by atoms with Gasteiger partial charge in [-0.05, 0) is 19.8 Å². The monoisotopic (exact) mass is 270 g/mol. The summed E-state index contributed by atoms with van der Waals surface area (Å²) in [7, 11) is 0. The predicted molar refractivity (Wildman–Crippen MR) is 73.3 cm³/mol. The molecule has 1 fully saturated rings. The van der Waals surface area contributed by atoms with Gasteiger partial charge in [0.1, 0.15) is 5.02 Å². The highest BCUT2D eigenvalue weighted by atomic mass is 35.5. The van der Waals surface area contributed by atoms with Crippen molar-refractivity contribution in [3.63, 3.8) is 0 Å². The van der Waals surface area contributed by atoms with E-state index in [4.69, 9.17) is 16.3 Å². The second-order valence-corrected chi connectivity index (χ2v) is 5.21. The zero-order chi connectivity index (χ0) is 13.0. The summed E-state index contributed by atoms with van der Waals surface area (Å²) in [6.07, 6.45) is 3.60. The van der Waals surface area contributed by atoms with Gasteiger partial charge in [0, 0.05) is 13.2 Å². The molecule has 6 heteroatoms. The minimum atomic E-state index is -0.0972. The second-order valence-electron chi connectivity index (χ2n) is 4.81. The second kappa shape index (κ2) is 5.71. The fourth-order valence-electron chi connectivity index (χ4n) is 1.83. The van der Waals surface area contributed by atoms with Crippen LogP contribution in [-0.2, 0) is 4.74 Å². The van der Waals surface area contributed by atoms with Gasteiger partial charge in [-0.2, -0.15) is 4.98 Å². The third kappa shape index (κ3) is 3.23. The van der Waals surface area contributed by atoms with Crippen LogP contribution in [0.1, 0.15) is 26.7 Å². The van der Waals surface area contributed by atoms with Crippen molar-refractivity contribution in [2.45, 2.75) is 32.2 Å². The molecule has 1 unspecified atom stereocenters. The molecule has 2 N–H and O–H groups in total. The topological polar surface area (TPSA) is 59.1 Å². The van der Waals surface area contributed by atoms with Crippen molar-refractivity contribution in [3.8, 4) is 0 Å². The Balaban J connectivity index is 2.10. The molecule has 0 spiro atoms. The van der Waals surface area contributed by atoms with Crippen molar-refractivity contribution >= 4 is 23.4 Å². The van der Waals surface area contributed by atoms with Gasteiger partial charge in [0.15, 0.2) is 5.82 Å². The summed E-state index contributed by atoms with van der Waals surface area (Å²) >= 11 is 6.11. The van der Waals surface area contributed by atoms with Gasteiger partial charge in [0.25, 0.3) is 0 Å². The first-order valence-corrected chi connectivity index (χ1v) is 6.63. The van der Waals surface area contributed by atoms with Crippen LogP contribution in [0.25, 0.3) is 0 Å². The Morgan fingerprint density at radius 3 is 3.06 bits per heavy atom. The van der Waals surface area contributed by atoms with Crippen LogP contribution in [0.15, 0.2) is 6.20 Å². The molecule has 0 radical (unpaired) electrons. The van der Waals surface area contributed by atoms with Crippen LogP contribution in [0.3, 0.4) is 0 Å². The Bertz CT molecular complexity index is 407. The SMILES string of the molecule is CCCNc1ncc(Cl)c(NC2(C)CCOC2)n1. The van der Waals surface area contributed by atoms with Crippen molar-refractivity contribution in [1.29, 1.82) is 0 Å². The van der Waals surface area contributed by atoms with E-state index in [1.165, 1.54) is 0 Å². The highest BCUT2D eigenvalue weighted by molar-refractivity contribution is 6.32. The summed E-state index contributed by atoms with van der Waals surface area (Å²) in [5.41, 5.74) is -0.0972. The lowest BCUT2D eigenvalue weighted by Crippen LogP contribution is -2.35. The molecular weight excluding hydrogens is 252 g/mol. The number of nitrogens with one attached hydrogen (secondary N) is 2. The maximum atomic E-state index is 6.11. The number of hydrogen-bond donors (Lipinski definition) is 2. The number of rotatable bonds is 5. The lowest BCUT2D eigenvalue weighted by Gasteiger charge is -2.24. The van der Waals surface area contributed by atoms with E-state index in [9.17, 15) is 0 Å². The molecule has 1 atom stereocenters. The number of aromatic nitrogens is 2. The minimum absolute atomic E-state index is 0.0972. The highest BCUT2D eigenvalue weighted by Crippen LogP contribution is 2.27. The molecule has 0 bridgehead atoms. The minimum Gasteiger partial charge on any atom is -0.379 e. The van der Waals surface area contributed by atoms with Gasteiger partial charge in [-0.25, -0.2) is 4.98 Å². The molecule has 0 saturated carbocycles. The first-order valence-electron chi connectivity index (χ1n) is 6.25. The van der Waals surface area contributed by atoms with Crippen molar-refractivity contribution in [3.05, 3.63) is 11.2 Å². The van der Waals surface area contributed by atoms with Gasteiger partial charge < -0.3 is 15.4 Å². The Morgan fingerprint density at radius 1 is 1.56 bits per heavy atom. The van der Waals surface area contributed by atoms with Crippen LogP contribution in [0.4, 0.5) is 11.8 Å². The van der Waals surface area contributed by atoms with Crippen LogP contribution in [-0.4, -0.2) is 35.3 Å². The van der Waals surface area contributed by atoms with E-state index < -0.39 is 0 Å². The fraction of sp³-hybridized carbons (Fsp3) is 0.667. The van der Waals surface area contributed by atoms with E-state index in [1.807, 2.05) is 0 Å². The van der Waals surface area contributed by atoms with Gasteiger partial charge in [-0.3, -0.25) is 0 Å². The third-order valence-corrected chi connectivity index (χ3v) is 3.19. The number of anilines is 2. The number of halogens is 1. The average Bonchev–Trinajstić information content (AvgIpc) is 2.77. The summed E-state index contributed by atoms with van der Waals surface area (Å²) in [4.78, 5) is 8.55. The quantitative estimate of drug-likeness (QED) is 0.861. The predicted octanol–water partition coefficient (Wildman–Crippen LogP) is 2.54.